The molecule has 3 rings (SSSR count). The monoisotopic (exact) mass is 330 g/mol. The highest BCUT2D eigenvalue weighted by Gasteiger charge is 2.51. The molecule has 0 N–H and O–H groups in total. The molecule has 24 heavy (non-hydrogen) atoms. The largest absolute Gasteiger partial charge is 0.466 e. The van der Waals surface area contributed by atoms with Gasteiger partial charge in [0, 0.05) is 39.1 Å². The molecule has 0 aromatic heterocycles. The van der Waals surface area contributed by atoms with E-state index in [0.29, 0.717) is 26.1 Å². The molecule has 2 aliphatic heterocycles. The van der Waals surface area contributed by atoms with Gasteiger partial charge in [-0.1, -0.05) is 30.3 Å². The van der Waals surface area contributed by atoms with E-state index in [0.717, 1.165) is 19.5 Å². The van der Waals surface area contributed by atoms with Crippen molar-refractivity contribution in [2.45, 2.75) is 39.3 Å². The fraction of sp³-hybridized carbons (Fsp3) is 0.579. The van der Waals surface area contributed by atoms with Gasteiger partial charge >= 0.3 is 5.97 Å². The molecule has 130 valence electrons. The second kappa shape index (κ2) is 6.93. The van der Waals surface area contributed by atoms with Crippen LogP contribution in [0.3, 0.4) is 0 Å². The summed E-state index contributed by atoms with van der Waals surface area (Å²) >= 11 is 0. The summed E-state index contributed by atoms with van der Waals surface area (Å²) in [6.07, 6.45) is 1.41. The average Bonchev–Trinajstić information content (AvgIpc) is 2.55. The van der Waals surface area contributed by atoms with Crippen LogP contribution < -0.4 is 0 Å². The lowest BCUT2D eigenvalue weighted by molar-refractivity contribution is -0.169. The van der Waals surface area contributed by atoms with Gasteiger partial charge in [0.05, 0.1) is 12.0 Å². The van der Waals surface area contributed by atoms with Crippen molar-refractivity contribution in [2.24, 2.45) is 5.41 Å². The smallest absolute Gasteiger partial charge is 0.313 e. The zero-order valence-corrected chi connectivity index (χ0v) is 14.5. The SMILES string of the molecule is CCOC(=O)C12CCN(C(C)=O)C(CN(Cc3ccccc3)C1)C2. The molecule has 2 saturated heterocycles. The predicted octanol–water partition coefficient (Wildman–Crippen LogP) is 2.06. The molecular formula is C19H26N2O3. The Balaban J connectivity index is 1.82. The van der Waals surface area contributed by atoms with Crippen molar-refractivity contribution in [1.82, 2.24) is 9.80 Å². The Kier molecular flexibility index (Phi) is 4.90. The van der Waals surface area contributed by atoms with E-state index in [1.807, 2.05) is 30.0 Å². The van der Waals surface area contributed by atoms with Crippen molar-refractivity contribution in [2.75, 3.05) is 26.2 Å². The number of carbonyl (C=O) groups is 2. The van der Waals surface area contributed by atoms with Gasteiger partial charge in [0.15, 0.2) is 0 Å². The van der Waals surface area contributed by atoms with Crippen LogP contribution in [0.15, 0.2) is 30.3 Å². The second-order valence-corrected chi connectivity index (χ2v) is 6.98. The molecule has 1 aromatic carbocycles. The van der Waals surface area contributed by atoms with E-state index in [2.05, 4.69) is 17.0 Å². The van der Waals surface area contributed by atoms with Crippen molar-refractivity contribution < 1.29 is 14.3 Å². The molecule has 0 radical (unpaired) electrons. The van der Waals surface area contributed by atoms with E-state index < -0.39 is 5.41 Å². The standard InChI is InChI=1S/C19H26N2O3/c1-3-24-18(23)19-9-10-21(15(2)22)17(11-19)13-20(14-19)12-16-7-5-4-6-8-16/h4-8,17H,3,9-14H2,1-2H3. The van der Waals surface area contributed by atoms with Crippen LogP contribution in [-0.2, 0) is 20.9 Å². The van der Waals surface area contributed by atoms with Gasteiger partial charge in [-0.05, 0) is 25.3 Å². The van der Waals surface area contributed by atoms with E-state index >= 15 is 0 Å². The number of likely N-dealkylation sites (tertiary alicyclic amines) is 2. The number of carbonyl (C=O) groups excluding carboxylic acids is 2. The molecule has 1 amide bonds. The third kappa shape index (κ3) is 3.31. The highest BCUT2D eigenvalue weighted by molar-refractivity contribution is 5.79. The van der Waals surface area contributed by atoms with Crippen LogP contribution >= 0.6 is 0 Å². The lowest BCUT2D eigenvalue weighted by Gasteiger charge is -2.52. The van der Waals surface area contributed by atoms with E-state index in [-0.39, 0.29) is 17.9 Å². The van der Waals surface area contributed by atoms with E-state index in [9.17, 15) is 9.59 Å². The second-order valence-electron chi connectivity index (χ2n) is 6.98. The summed E-state index contributed by atoms with van der Waals surface area (Å²) in [6.45, 7) is 6.84. The van der Waals surface area contributed by atoms with Crippen LogP contribution in [0.25, 0.3) is 0 Å². The molecule has 2 bridgehead atoms. The van der Waals surface area contributed by atoms with E-state index in [1.54, 1.807) is 6.92 Å². The van der Waals surface area contributed by atoms with Gasteiger partial charge in [-0.3, -0.25) is 14.5 Å². The highest BCUT2D eigenvalue weighted by Crippen LogP contribution is 2.41. The maximum atomic E-state index is 12.7. The van der Waals surface area contributed by atoms with Crippen LogP contribution in [-0.4, -0.2) is 54.0 Å². The number of piperidine rings is 2. The van der Waals surface area contributed by atoms with Gasteiger partial charge in [-0.25, -0.2) is 0 Å². The Hall–Kier alpha value is -1.88. The minimum atomic E-state index is -0.473. The Morgan fingerprint density at radius 2 is 2.04 bits per heavy atom. The summed E-state index contributed by atoms with van der Waals surface area (Å²) in [5, 5.41) is 0. The molecule has 2 unspecified atom stereocenters. The predicted molar refractivity (Wildman–Crippen MR) is 91.2 cm³/mol. The molecule has 2 aliphatic rings. The first kappa shape index (κ1) is 17.0. The van der Waals surface area contributed by atoms with Crippen molar-refractivity contribution in [1.29, 1.82) is 0 Å². The minimum absolute atomic E-state index is 0.0955. The maximum Gasteiger partial charge on any atom is 0.313 e. The number of benzene rings is 1. The summed E-state index contributed by atoms with van der Waals surface area (Å²) in [5.41, 5.74) is 0.755. The summed E-state index contributed by atoms with van der Waals surface area (Å²) in [6, 6.07) is 10.4. The Morgan fingerprint density at radius 3 is 2.71 bits per heavy atom. The molecule has 2 heterocycles. The molecule has 1 aromatic rings. The van der Waals surface area contributed by atoms with Gasteiger partial charge in [0.25, 0.3) is 0 Å². The van der Waals surface area contributed by atoms with Gasteiger partial charge in [-0.15, -0.1) is 0 Å². The third-order valence-electron chi connectivity index (χ3n) is 5.26. The average molecular weight is 330 g/mol. The molecule has 5 nitrogen and oxygen atoms in total. The van der Waals surface area contributed by atoms with Gasteiger partial charge in [0.2, 0.25) is 5.91 Å². The highest BCUT2D eigenvalue weighted by atomic mass is 16.5. The van der Waals surface area contributed by atoms with Crippen molar-refractivity contribution in [3.8, 4) is 0 Å². The summed E-state index contributed by atoms with van der Waals surface area (Å²) in [4.78, 5) is 28.8. The number of ether oxygens (including phenoxy) is 1. The van der Waals surface area contributed by atoms with Gasteiger partial charge in [-0.2, -0.15) is 0 Å². The number of nitrogens with zero attached hydrogens (tertiary/aromatic N) is 2. The molecule has 2 fully saturated rings. The number of hydrogen-bond donors (Lipinski definition) is 0. The van der Waals surface area contributed by atoms with Crippen molar-refractivity contribution >= 4 is 11.9 Å². The normalized spacial score (nSPS) is 26.9. The fourth-order valence-corrected chi connectivity index (χ4v) is 4.19. The maximum absolute atomic E-state index is 12.7. The Morgan fingerprint density at radius 1 is 1.29 bits per heavy atom. The first-order valence-electron chi connectivity index (χ1n) is 8.75. The zero-order chi connectivity index (χ0) is 17.2. The number of rotatable bonds is 4. The minimum Gasteiger partial charge on any atom is -0.466 e. The first-order valence-corrected chi connectivity index (χ1v) is 8.75. The first-order chi connectivity index (χ1) is 11.5. The number of hydrogen-bond acceptors (Lipinski definition) is 4. The molecule has 2 atom stereocenters. The van der Waals surface area contributed by atoms with Crippen LogP contribution in [0.2, 0.25) is 0 Å². The molecule has 5 heteroatoms. The van der Waals surface area contributed by atoms with E-state index in [4.69, 9.17) is 4.74 Å². The van der Waals surface area contributed by atoms with Gasteiger partial charge in [0.1, 0.15) is 0 Å². The Bertz CT molecular complexity index is 604. The quantitative estimate of drug-likeness (QED) is 0.793. The molecule has 0 aliphatic carbocycles. The summed E-state index contributed by atoms with van der Waals surface area (Å²) < 4.78 is 5.38. The lowest BCUT2D eigenvalue weighted by Crippen LogP contribution is -2.63. The third-order valence-corrected chi connectivity index (χ3v) is 5.26. The number of fused-ring (bicyclic) bond motifs is 2. The van der Waals surface area contributed by atoms with Crippen LogP contribution in [0.5, 0.6) is 0 Å². The summed E-state index contributed by atoms with van der Waals surface area (Å²) in [5.74, 6) is -0.00464. The van der Waals surface area contributed by atoms with Crippen molar-refractivity contribution in [3.63, 3.8) is 0 Å². The number of amides is 1. The van der Waals surface area contributed by atoms with E-state index in [1.165, 1.54) is 5.56 Å². The van der Waals surface area contributed by atoms with Gasteiger partial charge < -0.3 is 9.64 Å². The fourth-order valence-electron chi connectivity index (χ4n) is 4.19. The Labute approximate surface area is 143 Å². The van der Waals surface area contributed by atoms with Crippen LogP contribution in [0, 0.1) is 5.41 Å². The lowest BCUT2D eigenvalue weighted by atomic mass is 9.72. The molecular weight excluding hydrogens is 304 g/mol. The van der Waals surface area contributed by atoms with Crippen LogP contribution in [0.1, 0.15) is 32.3 Å². The van der Waals surface area contributed by atoms with Crippen LogP contribution in [0.4, 0.5) is 0 Å². The summed E-state index contributed by atoms with van der Waals surface area (Å²) in [7, 11) is 0. The topological polar surface area (TPSA) is 49.9 Å². The van der Waals surface area contributed by atoms with Crippen molar-refractivity contribution in [3.05, 3.63) is 35.9 Å². The zero-order valence-electron chi connectivity index (χ0n) is 14.5. The molecule has 0 spiro atoms. The number of esters is 1. The molecule has 0 saturated carbocycles.